The lowest BCUT2D eigenvalue weighted by Crippen LogP contribution is -2.32. The van der Waals surface area contributed by atoms with Gasteiger partial charge in [0, 0.05) is 0 Å². The molecule has 2 saturated carbocycles. The van der Waals surface area contributed by atoms with Gasteiger partial charge >= 0.3 is 5.97 Å². The summed E-state index contributed by atoms with van der Waals surface area (Å²) in [6.07, 6.45) is 5.78. The number of carboxylic acids is 1. The smallest absolute Gasteiger partial charge is 0.314 e. The zero-order valence-electron chi connectivity index (χ0n) is 11.4. The fourth-order valence-corrected chi connectivity index (χ4v) is 3.25. The molecule has 0 saturated heterocycles. The Morgan fingerprint density at radius 2 is 2.05 bits per heavy atom. The van der Waals surface area contributed by atoms with Crippen molar-refractivity contribution in [3.63, 3.8) is 0 Å². The van der Waals surface area contributed by atoms with Gasteiger partial charge < -0.3 is 9.84 Å². The first-order valence-corrected chi connectivity index (χ1v) is 7.66. The van der Waals surface area contributed by atoms with Gasteiger partial charge in [-0.2, -0.15) is 0 Å². The average Bonchev–Trinajstić information content (AvgIpc) is 3.11. The van der Waals surface area contributed by atoms with Crippen LogP contribution in [0.4, 0.5) is 0 Å². The zero-order chi connectivity index (χ0) is 14.2. The maximum absolute atomic E-state index is 11.7. The first-order valence-electron chi connectivity index (χ1n) is 7.28. The van der Waals surface area contributed by atoms with Gasteiger partial charge in [-0.3, -0.25) is 4.79 Å². The van der Waals surface area contributed by atoms with Crippen LogP contribution in [0.15, 0.2) is 18.2 Å². The quantitative estimate of drug-likeness (QED) is 0.892. The predicted molar refractivity (Wildman–Crippen MR) is 77.5 cm³/mol. The Kier molecular flexibility index (Phi) is 3.63. The third kappa shape index (κ3) is 2.51. The number of hydrogen-bond donors (Lipinski definition) is 1. The fourth-order valence-electron chi connectivity index (χ4n) is 3.01. The Hall–Kier alpha value is -1.22. The monoisotopic (exact) mass is 294 g/mol. The molecule has 0 atom stereocenters. The lowest BCUT2D eigenvalue weighted by molar-refractivity contribution is -0.143. The van der Waals surface area contributed by atoms with Crippen LogP contribution in [0.25, 0.3) is 0 Å². The van der Waals surface area contributed by atoms with Crippen molar-refractivity contribution in [3.8, 4) is 5.75 Å². The van der Waals surface area contributed by atoms with Crippen molar-refractivity contribution in [2.75, 3.05) is 6.61 Å². The molecule has 3 rings (SSSR count). The van der Waals surface area contributed by atoms with E-state index in [9.17, 15) is 9.90 Å². The molecule has 0 aliphatic heterocycles. The summed E-state index contributed by atoms with van der Waals surface area (Å²) in [4.78, 5) is 11.7. The van der Waals surface area contributed by atoms with E-state index in [1.807, 2.05) is 12.1 Å². The van der Waals surface area contributed by atoms with Gasteiger partial charge in [0.1, 0.15) is 5.75 Å². The Balaban J connectivity index is 1.82. The van der Waals surface area contributed by atoms with Crippen molar-refractivity contribution in [2.24, 2.45) is 5.92 Å². The lowest BCUT2D eigenvalue weighted by Gasteiger charge is -2.25. The van der Waals surface area contributed by atoms with E-state index in [1.54, 1.807) is 6.07 Å². The molecular formula is C16H19ClO3. The van der Waals surface area contributed by atoms with Gasteiger partial charge in [-0.15, -0.1) is 0 Å². The maximum Gasteiger partial charge on any atom is 0.314 e. The minimum Gasteiger partial charge on any atom is -0.492 e. The number of halogens is 1. The highest BCUT2D eigenvalue weighted by Gasteiger charge is 2.43. The molecule has 20 heavy (non-hydrogen) atoms. The first-order chi connectivity index (χ1) is 9.62. The molecule has 0 radical (unpaired) electrons. The van der Waals surface area contributed by atoms with Crippen LogP contribution in [0.3, 0.4) is 0 Å². The minimum absolute atomic E-state index is 0.524. The highest BCUT2D eigenvalue weighted by atomic mass is 35.5. The lowest BCUT2D eigenvalue weighted by atomic mass is 9.79. The van der Waals surface area contributed by atoms with Gasteiger partial charge in [0.2, 0.25) is 0 Å². The van der Waals surface area contributed by atoms with Crippen molar-refractivity contribution in [1.29, 1.82) is 0 Å². The van der Waals surface area contributed by atoms with Crippen LogP contribution in [-0.2, 0) is 10.2 Å². The highest BCUT2D eigenvalue weighted by molar-refractivity contribution is 6.32. The molecule has 108 valence electrons. The van der Waals surface area contributed by atoms with Gasteiger partial charge in [0.15, 0.2) is 0 Å². The second-order valence-corrected chi connectivity index (χ2v) is 6.40. The third-order valence-corrected chi connectivity index (χ3v) is 4.82. The van der Waals surface area contributed by atoms with Gasteiger partial charge in [0.25, 0.3) is 0 Å². The number of ether oxygens (including phenoxy) is 1. The predicted octanol–water partition coefficient (Wildman–Crippen LogP) is 4.03. The molecule has 4 heteroatoms. The van der Waals surface area contributed by atoms with Crippen LogP contribution in [0, 0.1) is 5.92 Å². The number of carboxylic acid groups (broad SMARTS) is 1. The van der Waals surface area contributed by atoms with E-state index in [2.05, 4.69) is 0 Å². The normalized spacial score (nSPS) is 20.9. The van der Waals surface area contributed by atoms with E-state index in [0.29, 0.717) is 36.1 Å². The fraction of sp³-hybridized carbons (Fsp3) is 0.562. The van der Waals surface area contributed by atoms with E-state index in [4.69, 9.17) is 16.3 Å². The molecule has 0 heterocycles. The van der Waals surface area contributed by atoms with Gasteiger partial charge in [-0.1, -0.05) is 30.5 Å². The standard InChI is InChI=1S/C16H19ClO3/c17-13-9-12(16(15(18)19)7-1-2-8-16)5-6-14(13)20-10-11-3-4-11/h5-6,9,11H,1-4,7-8,10H2,(H,18,19). The molecule has 3 nitrogen and oxygen atoms in total. The third-order valence-electron chi connectivity index (χ3n) is 4.52. The van der Waals surface area contributed by atoms with Crippen LogP contribution < -0.4 is 4.74 Å². The molecule has 2 aliphatic carbocycles. The maximum atomic E-state index is 11.7. The summed E-state index contributed by atoms with van der Waals surface area (Å²) in [7, 11) is 0. The Morgan fingerprint density at radius 3 is 2.60 bits per heavy atom. The number of hydrogen-bond acceptors (Lipinski definition) is 2. The molecular weight excluding hydrogens is 276 g/mol. The number of rotatable bonds is 5. The second kappa shape index (κ2) is 5.28. The van der Waals surface area contributed by atoms with E-state index < -0.39 is 11.4 Å². The summed E-state index contributed by atoms with van der Waals surface area (Å²) in [5.74, 6) is 0.601. The van der Waals surface area contributed by atoms with Gasteiger partial charge in [-0.05, 0) is 49.3 Å². The molecule has 1 aromatic rings. The largest absolute Gasteiger partial charge is 0.492 e. The highest BCUT2D eigenvalue weighted by Crippen LogP contribution is 2.43. The summed E-state index contributed by atoms with van der Waals surface area (Å²) < 4.78 is 5.69. The van der Waals surface area contributed by atoms with Gasteiger partial charge in [-0.25, -0.2) is 0 Å². The van der Waals surface area contributed by atoms with Crippen molar-refractivity contribution < 1.29 is 14.6 Å². The summed E-state index contributed by atoms with van der Waals surface area (Å²) in [5, 5.41) is 10.1. The zero-order valence-corrected chi connectivity index (χ0v) is 12.2. The second-order valence-electron chi connectivity index (χ2n) is 5.99. The number of carbonyl (C=O) groups is 1. The first kappa shape index (κ1) is 13.7. The van der Waals surface area contributed by atoms with Crippen LogP contribution >= 0.6 is 11.6 Å². The Bertz CT molecular complexity index is 516. The summed E-state index contributed by atoms with van der Waals surface area (Å²) in [6, 6.07) is 5.47. The number of aliphatic carboxylic acids is 1. The summed E-state index contributed by atoms with van der Waals surface area (Å²) >= 11 is 6.26. The van der Waals surface area contributed by atoms with E-state index in [-0.39, 0.29) is 0 Å². The van der Waals surface area contributed by atoms with Gasteiger partial charge in [0.05, 0.1) is 17.0 Å². The van der Waals surface area contributed by atoms with Crippen molar-refractivity contribution in [3.05, 3.63) is 28.8 Å². The average molecular weight is 295 g/mol. The molecule has 0 unspecified atom stereocenters. The molecule has 2 fully saturated rings. The summed E-state index contributed by atoms with van der Waals surface area (Å²) in [5.41, 5.74) is 0.0600. The Labute approximate surface area is 123 Å². The molecule has 0 amide bonds. The van der Waals surface area contributed by atoms with E-state index in [1.165, 1.54) is 12.8 Å². The molecule has 0 spiro atoms. The Morgan fingerprint density at radius 1 is 1.35 bits per heavy atom. The van der Waals surface area contributed by atoms with Crippen LogP contribution in [0.1, 0.15) is 44.1 Å². The SMILES string of the molecule is O=C(O)C1(c2ccc(OCC3CC3)c(Cl)c2)CCCC1. The minimum atomic E-state index is -0.751. The molecule has 2 aliphatic rings. The molecule has 0 bridgehead atoms. The van der Waals surface area contributed by atoms with E-state index >= 15 is 0 Å². The molecule has 1 N–H and O–H groups in total. The number of benzene rings is 1. The van der Waals surface area contributed by atoms with Crippen LogP contribution in [0.5, 0.6) is 5.75 Å². The molecule has 0 aromatic heterocycles. The van der Waals surface area contributed by atoms with Crippen molar-refractivity contribution >= 4 is 17.6 Å². The summed E-state index contributed by atoms with van der Waals surface area (Å²) in [6.45, 7) is 0.711. The van der Waals surface area contributed by atoms with Crippen molar-refractivity contribution in [2.45, 2.75) is 43.9 Å². The van der Waals surface area contributed by atoms with Crippen LogP contribution in [-0.4, -0.2) is 17.7 Å². The van der Waals surface area contributed by atoms with Crippen LogP contribution in [0.2, 0.25) is 5.02 Å². The van der Waals surface area contributed by atoms with E-state index in [0.717, 1.165) is 18.4 Å². The topological polar surface area (TPSA) is 46.5 Å². The van der Waals surface area contributed by atoms with Crippen molar-refractivity contribution in [1.82, 2.24) is 0 Å². The molecule has 1 aromatic carbocycles.